The monoisotopic (exact) mass is 275 g/mol. The van der Waals surface area contributed by atoms with Gasteiger partial charge >= 0.3 is 12.0 Å². The second-order valence-electron chi connectivity index (χ2n) is 4.83. The number of carbonyl (C=O) groups is 3. The topological polar surface area (TPSA) is 124 Å². The molecule has 0 rings (SSSR count). The third-order valence-corrected chi connectivity index (χ3v) is 2.17. The van der Waals surface area contributed by atoms with Crippen LogP contribution in [0.2, 0.25) is 0 Å². The molecule has 110 valence electrons. The maximum atomic E-state index is 12.1. The number of rotatable bonds is 7. The first kappa shape index (κ1) is 17.2. The zero-order chi connectivity index (χ0) is 15.2. The van der Waals surface area contributed by atoms with Gasteiger partial charge in [-0.15, -0.1) is 0 Å². The lowest BCUT2D eigenvalue weighted by Crippen LogP contribution is -2.51. The van der Waals surface area contributed by atoms with E-state index in [1.807, 2.05) is 0 Å². The maximum absolute atomic E-state index is 12.1. The zero-order valence-corrected chi connectivity index (χ0v) is 11.4. The van der Waals surface area contributed by atoms with Gasteiger partial charge in [0.2, 0.25) is 5.91 Å². The van der Waals surface area contributed by atoms with E-state index in [1.54, 1.807) is 6.92 Å². The number of aliphatic hydroxyl groups is 1. The van der Waals surface area contributed by atoms with Gasteiger partial charge < -0.3 is 25.7 Å². The summed E-state index contributed by atoms with van der Waals surface area (Å²) in [5.74, 6) is -2.04. The van der Waals surface area contributed by atoms with Crippen LogP contribution in [-0.4, -0.2) is 69.7 Å². The lowest BCUT2D eigenvalue weighted by Gasteiger charge is -2.32. The fourth-order valence-corrected chi connectivity index (χ4v) is 1.52. The Morgan fingerprint density at radius 3 is 2.00 bits per heavy atom. The minimum Gasteiger partial charge on any atom is -0.480 e. The Morgan fingerprint density at radius 2 is 1.68 bits per heavy atom. The first-order valence-electron chi connectivity index (χ1n) is 5.83. The van der Waals surface area contributed by atoms with E-state index in [0.717, 1.165) is 4.90 Å². The molecule has 0 aliphatic heterocycles. The van der Waals surface area contributed by atoms with Gasteiger partial charge in [0.05, 0.1) is 12.1 Å². The smallest absolute Gasteiger partial charge is 0.323 e. The highest BCUT2D eigenvalue weighted by Crippen LogP contribution is 2.07. The summed E-state index contributed by atoms with van der Waals surface area (Å²) >= 11 is 0. The quantitative estimate of drug-likeness (QED) is 0.553. The van der Waals surface area contributed by atoms with Crippen molar-refractivity contribution in [2.45, 2.75) is 26.4 Å². The molecule has 3 amide bonds. The Balaban J connectivity index is 4.92. The summed E-state index contributed by atoms with van der Waals surface area (Å²) in [6.45, 7) is 3.94. The van der Waals surface area contributed by atoms with Crippen molar-refractivity contribution < 1.29 is 24.6 Å². The number of nitrogens with zero attached hydrogens (tertiary/aromatic N) is 2. The highest BCUT2D eigenvalue weighted by atomic mass is 16.4. The van der Waals surface area contributed by atoms with Gasteiger partial charge in [0.15, 0.2) is 0 Å². The minimum absolute atomic E-state index is 0.0250. The summed E-state index contributed by atoms with van der Waals surface area (Å²) < 4.78 is 0. The Kier molecular flexibility index (Phi) is 6.26. The molecule has 0 bridgehead atoms. The van der Waals surface area contributed by atoms with Crippen molar-refractivity contribution in [1.82, 2.24) is 9.80 Å². The summed E-state index contributed by atoms with van der Waals surface area (Å²) in [7, 11) is 0. The fraction of sp³-hybridized carbons (Fsp3) is 0.727. The molecule has 0 saturated carbocycles. The third-order valence-electron chi connectivity index (χ3n) is 2.17. The molecular formula is C11H21N3O5. The van der Waals surface area contributed by atoms with Crippen molar-refractivity contribution in [2.75, 3.05) is 26.2 Å². The van der Waals surface area contributed by atoms with Crippen molar-refractivity contribution in [3.05, 3.63) is 0 Å². The van der Waals surface area contributed by atoms with Gasteiger partial charge in [-0.2, -0.15) is 0 Å². The van der Waals surface area contributed by atoms with Crippen LogP contribution in [0.1, 0.15) is 20.8 Å². The van der Waals surface area contributed by atoms with Crippen LogP contribution in [0.25, 0.3) is 0 Å². The molecule has 0 heterocycles. The molecule has 0 aliphatic rings. The largest absolute Gasteiger partial charge is 0.480 e. The molecule has 0 fully saturated rings. The molecule has 0 radical (unpaired) electrons. The van der Waals surface area contributed by atoms with E-state index in [-0.39, 0.29) is 13.1 Å². The van der Waals surface area contributed by atoms with Crippen LogP contribution in [-0.2, 0) is 9.59 Å². The zero-order valence-electron chi connectivity index (χ0n) is 11.4. The molecule has 8 heteroatoms. The molecule has 0 atom stereocenters. The van der Waals surface area contributed by atoms with Crippen LogP contribution in [0.5, 0.6) is 0 Å². The first-order chi connectivity index (χ1) is 8.56. The van der Waals surface area contributed by atoms with Gasteiger partial charge in [-0.25, -0.2) is 4.79 Å². The number of nitrogens with two attached hydrogens (primary N) is 1. The van der Waals surface area contributed by atoms with Gasteiger partial charge in [-0.3, -0.25) is 9.59 Å². The van der Waals surface area contributed by atoms with E-state index in [2.05, 4.69) is 0 Å². The summed E-state index contributed by atoms with van der Waals surface area (Å²) in [5.41, 5.74) is 3.86. The van der Waals surface area contributed by atoms with Crippen molar-refractivity contribution in [2.24, 2.45) is 5.73 Å². The predicted octanol–water partition coefficient (Wildman–Crippen LogP) is -0.929. The molecule has 0 spiro atoms. The highest BCUT2D eigenvalue weighted by molar-refractivity contribution is 5.86. The van der Waals surface area contributed by atoms with Crippen LogP contribution >= 0.6 is 0 Å². The van der Waals surface area contributed by atoms with Gasteiger partial charge in [0, 0.05) is 6.54 Å². The average Bonchev–Trinajstić information content (AvgIpc) is 2.21. The number of carbonyl (C=O) groups excluding carboxylic acids is 2. The molecular weight excluding hydrogens is 254 g/mol. The SMILES string of the molecule is CCN(CC(C)(C)O)C(=O)N(CC(N)=O)CC(=O)O. The van der Waals surface area contributed by atoms with Gasteiger partial charge in [0.1, 0.15) is 13.1 Å². The van der Waals surface area contributed by atoms with Crippen molar-refractivity contribution in [1.29, 1.82) is 0 Å². The molecule has 0 saturated heterocycles. The Labute approximate surface area is 111 Å². The van der Waals surface area contributed by atoms with Crippen molar-refractivity contribution >= 4 is 17.9 Å². The summed E-state index contributed by atoms with van der Waals surface area (Å²) in [6.07, 6.45) is 0. The second-order valence-corrected chi connectivity index (χ2v) is 4.83. The molecule has 4 N–H and O–H groups in total. The van der Waals surface area contributed by atoms with Crippen LogP contribution < -0.4 is 5.73 Å². The summed E-state index contributed by atoms with van der Waals surface area (Å²) in [6, 6.07) is -0.647. The predicted molar refractivity (Wildman–Crippen MR) is 67.3 cm³/mol. The third kappa shape index (κ3) is 7.24. The van der Waals surface area contributed by atoms with Crippen LogP contribution in [0, 0.1) is 0 Å². The molecule has 0 aromatic carbocycles. The van der Waals surface area contributed by atoms with Gasteiger partial charge in [0.25, 0.3) is 0 Å². The Bertz CT molecular complexity index is 335. The van der Waals surface area contributed by atoms with E-state index >= 15 is 0 Å². The fourth-order valence-electron chi connectivity index (χ4n) is 1.52. The lowest BCUT2D eigenvalue weighted by atomic mass is 10.1. The van der Waals surface area contributed by atoms with Crippen LogP contribution in [0.15, 0.2) is 0 Å². The summed E-state index contributed by atoms with van der Waals surface area (Å²) in [5, 5.41) is 18.4. The van der Waals surface area contributed by atoms with Crippen LogP contribution in [0.4, 0.5) is 4.79 Å². The number of hydrogen-bond donors (Lipinski definition) is 3. The van der Waals surface area contributed by atoms with E-state index in [9.17, 15) is 19.5 Å². The van der Waals surface area contributed by atoms with E-state index in [4.69, 9.17) is 10.8 Å². The standard InChI is InChI=1S/C11H21N3O5/c1-4-13(7-11(2,3)19)10(18)14(5-8(12)15)6-9(16)17/h19H,4-7H2,1-3H3,(H2,12,15)(H,16,17). The molecule has 0 aromatic rings. The highest BCUT2D eigenvalue weighted by Gasteiger charge is 2.27. The van der Waals surface area contributed by atoms with E-state index in [1.165, 1.54) is 18.7 Å². The molecule has 19 heavy (non-hydrogen) atoms. The molecule has 0 aromatic heterocycles. The molecule has 0 aliphatic carbocycles. The van der Waals surface area contributed by atoms with E-state index in [0.29, 0.717) is 0 Å². The average molecular weight is 275 g/mol. The van der Waals surface area contributed by atoms with Crippen LogP contribution in [0.3, 0.4) is 0 Å². The Morgan fingerprint density at radius 1 is 1.16 bits per heavy atom. The molecule has 8 nitrogen and oxygen atoms in total. The number of likely N-dealkylation sites (N-methyl/N-ethyl adjacent to an activating group) is 1. The number of carboxylic acids is 1. The van der Waals surface area contributed by atoms with Crippen molar-refractivity contribution in [3.63, 3.8) is 0 Å². The summed E-state index contributed by atoms with van der Waals surface area (Å²) in [4.78, 5) is 35.7. The lowest BCUT2D eigenvalue weighted by molar-refractivity contribution is -0.138. The van der Waals surface area contributed by atoms with Gasteiger partial charge in [-0.05, 0) is 20.8 Å². The Hall–Kier alpha value is -1.83. The normalized spacial score (nSPS) is 10.9. The second kappa shape index (κ2) is 6.93. The van der Waals surface area contributed by atoms with Gasteiger partial charge in [-0.1, -0.05) is 0 Å². The number of amides is 3. The number of primary amides is 1. The number of carboxylic acid groups (broad SMARTS) is 1. The minimum atomic E-state index is -1.24. The number of urea groups is 1. The molecule has 0 unspecified atom stereocenters. The number of aliphatic carboxylic acids is 1. The first-order valence-corrected chi connectivity index (χ1v) is 5.83. The van der Waals surface area contributed by atoms with E-state index < -0.39 is 36.6 Å². The maximum Gasteiger partial charge on any atom is 0.323 e. The van der Waals surface area contributed by atoms with Crippen molar-refractivity contribution in [3.8, 4) is 0 Å². The number of hydrogen-bond acceptors (Lipinski definition) is 4.